The van der Waals surface area contributed by atoms with Crippen LogP contribution in [0, 0.1) is 5.95 Å². The molecule has 9 nitrogen and oxygen atoms in total. The Balaban J connectivity index is 1.53. The lowest BCUT2D eigenvalue weighted by Crippen LogP contribution is -2.45. The Morgan fingerprint density at radius 1 is 1.23 bits per heavy atom. The van der Waals surface area contributed by atoms with E-state index in [9.17, 15) is 9.18 Å². The lowest BCUT2D eigenvalue weighted by atomic mass is 10.1. The number of amides is 1. The van der Waals surface area contributed by atoms with Crippen LogP contribution in [0.15, 0.2) is 42.7 Å². The number of hydrogen-bond acceptors (Lipinski definition) is 7. The van der Waals surface area contributed by atoms with Crippen molar-refractivity contribution in [2.75, 3.05) is 16.8 Å². The van der Waals surface area contributed by atoms with Crippen LogP contribution < -0.4 is 10.2 Å². The highest BCUT2D eigenvalue weighted by molar-refractivity contribution is 6.30. The van der Waals surface area contributed by atoms with Gasteiger partial charge in [0.25, 0.3) is 0 Å². The summed E-state index contributed by atoms with van der Waals surface area (Å²) in [6.07, 6.45) is 2.57. The monoisotopic (exact) mass is 502 g/mol. The Morgan fingerprint density at radius 3 is 2.63 bits per heavy atom. The van der Waals surface area contributed by atoms with Crippen molar-refractivity contribution in [1.82, 2.24) is 19.7 Å². The smallest absolute Gasteiger partial charge is 0.416 e. The first kappa shape index (κ1) is 24.9. The minimum absolute atomic E-state index is 0.0367. The minimum atomic E-state index is -0.774. The number of hydrogen-bond donors (Lipinski definition) is 1. The largest absolute Gasteiger partial charge is 0.447 e. The second-order valence-corrected chi connectivity index (χ2v) is 9.82. The van der Waals surface area contributed by atoms with Gasteiger partial charge in [-0.05, 0) is 58.9 Å². The molecule has 3 heterocycles. The maximum Gasteiger partial charge on any atom is 0.416 e. The van der Waals surface area contributed by atoms with E-state index in [1.54, 1.807) is 23.0 Å². The van der Waals surface area contributed by atoms with E-state index in [1.807, 2.05) is 52.9 Å². The molecule has 1 amide bonds. The quantitative estimate of drug-likeness (QED) is 0.446. The maximum atomic E-state index is 14.5. The highest BCUT2D eigenvalue weighted by Crippen LogP contribution is 2.28. The Hall–Kier alpha value is -3.24. The molecule has 0 radical (unpaired) electrons. The lowest BCUT2D eigenvalue weighted by molar-refractivity contribution is -0.0618. The molecule has 1 fully saturated rings. The number of carbonyl (C=O) groups is 1. The van der Waals surface area contributed by atoms with Gasteiger partial charge < -0.3 is 14.8 Å². The molecule has 1 saturated heterocycles. The van der Waals surface area contributed by atoms with Crippen molar-refractivity contribution in [1.29, 1.82) is 0 Å². The van der Waals surface area contributed by atoms with Gasteiger partial charge in [0.15, 0.2) is 0 Å². The third kappa shape index (κ3) is 5.88. The normalized spacial score (nSPS) is 17.9. The van der Waals surface area contributed by atoms with Crippen molar-refractivity contribution >= 4 is 29.5 Å². The molecular weight excluding hydrogens is 475 g/mol. The van der Waals surface area contributed by atoms with Gasteiger partial charge in [0.1, 0.15) is 18.5 Å². The van der Waals surface area contributed by atoms with E-state index in [-0.39, 0.29) is 30.5 Å². The molecule has 1 N–H and O–H groups in total. The number of aromatic nitrogens is 4. The average Bonchev–Trinajstić information content (AvgIpc) is 3.40. The van der Waals surface area contributed by atoms with Crippen LogP contribution in [0.3, 0.4) is 0 Å². The third-order valence-electron chi connectivity index (χ3n) is 5.45. The summed E-state index contributed by atoms with van der Waals surface area (Å²) >= 11 is 5.96. The molecule has 2 aromatic heterocycles. The number of halogens is 2. The molecule has 3 atom stereocenters. The average molecular weight is 503 g/mol. The van der Waals surface area contributed by atoms with Crippen LogP contribution in [-0.2, 0) is 9.47 Å². The number of benzene rings is 1. The summed E-state index contributed by atoms with van der Waals surface area (Å²) in [6, 6.07) is 7.63. The summed E-state index contributed by atoms with van der Waals surface area (Å²) in [5.41, 5.74) is 1.26. The summed E-state index contributed by atoms with van der Waals surface area (Å²) in [6.45, 7) is 9.62. The highest BCUT2D eigenvalue weighted by atomic mass is 35.5. The van der Waals surface area contributed by atoms with Crippen molar-refractivity contribution in [2.24, 2.45) is 0 Å². The standard InChI is InChI=1S/C24H28ClFN6O3/c1-14(16-11-27-31(12-16)18-8-6-17(25)7-9-18)28-22-29-20(26)10-21(30-22)32-19(13-34-23(32)33)15(2)35-24(3,4)5/h6-12,14-15,19H,13H2,1-5H3,(H,28,29,30)/t14-,15+,19?/m0/s1. The number of rotatable bonds is 7. The van der Waals surface area contributed by atoms with Crippen LogP contribution in [0.4, 0.5) is 21.0 Å². The molecular formula is C24H28ClFN6O3. The van der Waals surface area contributed by atoms with Crippen molar-refractivity contribution in [3.8, 4) is 5.69 Å². The molecule has 0 saturated carbocycles. The number of anilines is 2. The van der Waals surface area contributed by atoms with Gasteiger partial charge in [0.05, 0.1) is 29.6 Å². The fraction of sp³-hybridized carbons (Fsp3) is 0.417. The Labute approximate surface area is 208 Å². The molecule has 0 aliphatic carbocycles. The number of cyclic esters (lactones) is 1. The maximum absolute atomic E-state index is 14.5. The molecule has 1 unspecified atom stereocenters. The Kier molecular flexibility index (Phi) is 6.95. The molecule has 3 aromatic rings. The summed E-state index contributed by atoms with van der Waals surface area (Å²) in [5, 5.41) is 8.11. The number of ether oxygens (including phenoxy) is 2. The van der Waals surface area contributed by atoms with Crippen molar-refractivity contribution < 1.29 is 18.7 Å². The van der Waals surface area contributed by atoms with E-state index in [2.05, 4.69) is 20.4 Å². The topological polar surface area (TPSA) is 94.4 Å². The third-order valence-corrected chi connectivity index (χ3v) is 5.71. The summed E-state index contributed by atoms with van der Waals surface area (Å²) < 4.78 is 27.4. The first-order valence-electron chi connectivity index (χ1n) is 11.3. The fourth-order valence-electron chi connectivity index (χ4n) is 3.85. The molecule has 0 bridgehead atoms. The van der Waals surface area contributed by atoms with Crippen molar-refractivity contribution in [3.63, 3.8) is 0 Å². The van der Waals surface area contributed by atoms with E-state index >= 15 is 0 Å². The Morgan fingerprint density at radius 2 is 1.94 bits per heavy atom. The molecule has 4 rings (SSSR count). The van der Waals surface area contributed by atoms with Crippen LogP contribution in [0.5, 0.6) is 0 Å². The van der Waals surface area contributed by atoms with Gasteiger partial charge in [-0.3, -0.25) is 4.90 Å². The van der Waals surface area contributed by atoms with Crippen LogP contribution >= 0.6 is 11.6 Å². The van der Waals surface area contributed by atoms with Gasteiger partial charge >= 0.3 is 6.09 Å². The predicted octanol–water partition coefficient (Wildman–Crippen LogP) is 5.16. The van der Waals surface area contributed by atoms with Gasteiger partial charge in [-0.25, -0.2) is 9.48 Å². The summed E-state index contributed by atoms with van der Waals surface area (Å²) in [7, 11) is 0. The minimum Gasteiger partial charge on any atom is -0.447 e. The molecule has 1 aliphatic heterocycles. The summed E-state index contributed by atoms with van der Waals surface area (Å²) in [5.74, 6) is -0.639. The van der Waals surface area contributed by atoms with Gasteiger partial charge in [-0.2, -0.15) is 19.5 Å². The number of nitrogens with one attached hydrogen (secondary N) is 1. The zero-order valence-corrected chi connectivity index (χ0v) is 21.0. The van der Waals surface area contributed by atoms with Crippen molar-refractivity contribution in [3.05, 3.63) is 59.3 Å². The van der Waals surface area contributed by atoms with E-state index in [4.69, 9.17) is 21.1 Å². The van der Waals surface area contributed by atoms with Gasteiger partial charge in [0.2, 0.25) is 11.9 Å². The number of nitrogens with zero attached hydrogens (tertiary/aromatic N) is 5. The Bertz CT molecular complexity index is 1200. The second-order valence-electron chi connectivity index (χ2n) is 9.38. The molecule has 1 aromatic carbocycles. The zero-order chi connectivity index (χ0) is 25.3. The first-order chi connectivity index (χ1) is 16.5. The van der Waals surface area contributed by atoms with E-state index in [0.29, 0.717) is 5.02 Å². The SMILES string of the molecule is C[C@H](Nc1nc(F)cc(N2C(=O)OCC2[C@@H](C)OC(C)(C)C)n1)c1cnn(-c2ccc(Cl)cc2)c1. The van der Waals surface area contributed by atoms with E-state index < -0.39 is 23.7 Å². The van der Waals surface area contributed by atoms with Crippen LogP contribution in [0.25, 0.3) is 5.69 Å². The van der Waals surface area contributed by atoms with Gasteiger partial charge in [0, 0.05) is 22.8 Å². The van der Waals surface area contributed by atoms with Crippen molar-refractivity contribution in [2.45, 2.75) is 58.4 Å². The second kappa shape index (κ2) is 9.79. The molecule has 1 aliphatic rings. The zero-order valence-electron chi connectivity index (χ0n) is 20.2. The van der Waals surface area contributed by atoms with E-state index in [1.165, 1.54) is 4.90 Å². The van der Waals surface area contributed by atoms with Crippen LogP contribution in [0.2, 0.25) is 5.02 Å². The van der Waals surface area contributed by atoms with Crippen LogP contribution in [0.1, 0.15) is 46.2 Å². The summed E-state index contributed by atoms with van der Waals surface area (Å²) in [4.78, 5) is 22.1. The highest BCUT2D eigenvalue weighted by Gasteiger charge is 2.40. The molecule has 0 spiro atoms. The molecule has 35 heavy (non-hydrogen) atoms. The fourth-order valence-corrected chi connectivity index (χ4v) is 3.97. The van der Waals surface area contributed by atoms with Gasteiger partial charge in [-0.1, -0.05) is 11.6 Å². The number of carbonyl (C=O) groups excluding carboxylic acids is 1. The predicted molar refractivity (Wildman–Crippen MR) is 131 cm³/mol. The lowest BCUT2D eigenvalue weighted by Gasteiger charge is -2.31. The van der Waals surface area contributed by atoms with Gasteiger partial charge in [-0.15, -0.1) is 0 Å². The van der Waals surface area contributed by atoms with Crippen LogP contribution in [-0.4, -0.2) is 50.2 Å². The molecule has 11 heteroatoms. The van der Waals surface area contributed by atoms with E-state index in [0.717, 1.165) is 17.3 Å². The first-order valence-corrected chi connectivity index (χ1v) is 11.6. The molecule has 186 valence electrons.